The highest BCUT2D eigenvalue weighted by Crippen LogP contribution is 2.22. The Morgan fingerprint density at radius 3 is 2.31 bits per heavy atom. The summed E-state index contributed by atoms with van der Waals surface area (Å²) in [6.07, 6.45) is 14.5. The van der Waals surface area contributed by atoms with Crippen LogP contribution < -0.4 is 0 Å². The molecule has 0 radical (unpaired) electrons. The van der Waals surface area contributed by atoms with Crippen molar-refractivity contribution in [1.29, 1.82) is 0 Å². The van der Waals surface area contributed by atoms with E-state index in [9.17, 15) is 0 Å². The van der Waals surface area contributed by atoms with Gasteiger partial charge in [-0.3, -0.25) is 0 Å². The van der Waals surface area contributed by atoms with Crippen molar-refractivity contribution in [2.45, 2.75) is 38.1 Å². The molecule has 1 aliphatic rings. The molecular weight excluding hydrogens is 158 g/mol. The van der Waals surface area contributed by atoms with Crippen molar-refractivity contribution < 1.29 is 0 Å². The molecule has 0 heterocycles. The predicted molar refractivity (Wildman–Crippen MR) is 58.2 cm³/mol. The van der Waals surface area contributed by atoms with Crippen LogP contribution in [0.3, 0.4) is 0 Å². The van der Waals surface area contributed by atoms with Gasteiger partial charge in [0.25, 0.3) is 0 Å². The fourth-order valence-corrected chi connectivity index (χ4v) is 1.87. The Bertz CT molecular complexity index is 187. The van der Waals surface area contributed by atoms with Crippen LogP contribution in [-0.4, -0.2) is 10.9 Å². The van der Waals surface area contributed by atoms with Crippen LogP contribution in [0.1, 0.15) is 32.1 Å². The second-order valence-electron chi connectivity index (χ2n) is 3.50. The Kier molecular flexibility index (Phi) is 4.37. The van der Waals surface area contributed by atoms with Gasteiger partial charge in [0.2, 0.25) is 0 Å². The zero-order chi connectivity index (χ0) is 9.52. The number of nitrogens with zero attached hydrogens (tertiary/aromatic N) is 1. The van der Waals surface area contributed by atoms with Crippen molar-refractivity contribution >= 4 is 0 Å². The molecule has 1 heteroatoms. The zero-order valence-electron chi connectivity index (χ0n) is 8.28. The first-order chi connectivity index (χ1) is 6.38. The quantitative estimate of drug-likeness (QED) is 0.594. The highest BCUT2D eigenvalue weighted by atomic mass is 15.1. The molecule has 1 fully saturated rings. The first-order valence-corrected chi connectivity index (χ1v) is 5.07. The number of hydrogen-bond acceptors (Lipinski definition) is 1. The highest BCUT2D eigenvalue weighted by molar-refractivity contribution is 5.01. The fourth-order valence-electron chi connectivity index (χ4n) is 1.87. The molecule has 1 aliphatic carbocycles. The van der Waals surface area contributed by atoms with Gasteiger partial charge in [0.05, 0.1) is 0 Å². The second kappa shape index (κ2) is 5.63. The largest absolute Gasteiger partial charge is 0.352 e. The summed E-state index contributed by atoms with van der Waals surface area (Å²) >= 11 is 0. The molecule has 0 aromatic carbocycles. The van der Waals surface area contributed by atoms with Crippen LogP contribution >= 0.6 is 0 Å². The van der Waals surface area contributed by atoms with E-state index in [0.29, 0.717) is 6.04 Å². The Labute approximate surface area is 81.4 Å². The van der Waals surface area contributed by atoms with Crippen LogP contribution in [0.4, 0.5) is 0 Å². The SMILES string of the molecule is C=C/C=C\N(C=C)C1CCCCC1. The molecule has 1 rings (SSSR count). The van der Waals surface area contributed by atoms with E-state index >= 15 is 0 Å². The topological polar surface area (TPSA) is 3.24 Å². The van der Waals surface area contributed by atoms with Gasteiger partial charge in [0.1, 0.15) is 0 Å². The van der Waals surface area contributed by atoms with E-state index in [1.807, 2.05) is 12.3 Å². The molecule has 0 aliphatic heterocycles. The van der Waals surface area contributed by atoms with Crippen LogP contribution in [-0.2, 0) is 0 Å². The molecule has 0 atom stereocenters. The molecule has 0 aromatic rings. The van der Waals surface area contributed by atoms with Crippen molar-refractivity contribution in [2.75, 3.05) is 0 Å². The fraction of sp³-hybridized carbons (Fsp3) is 0.500. The molecule has 0 spiro atoms. The lowest BCUT2D eigenvalue weighted by atomic mass is 9.94. The standard InChI is InChI=1S/C12H19N/c1-3-5-11-13(4-2)12-9-7-6-8-10-12/h3-5,11-12H,1-2,6-10H2/b11-5-. The van der Waals surface area contributed by atoms with Crippen LogP contribution in [0.2, 0.25) is 0 Å². The molecule has 1 saturated carbocycles. The van der Waals surface area contributed by atoms with Gasteiger partial charge in [-0.15, -0.1) is 0 Å². The van der Waals surface area contributed by atoms with Crippen molar-refractivity contribution in [3.63, 3.8) is 0 Å². The van der Waals surface area contributed by atoms with E-state index in [2.05, 4.69) is 24.3 Å². The van der Waals surface area contributed by atoms with E-state index < -0.39 is 0 Å². The first-order valence-electron chi connectivity index (χ1n) is 5.07. The van der Waals surface area contributed by atoms with E-state index in [0.717, 1.165) is 0 Å². The summed E-state index contributed by atoms with van der Waals surface area (Å²) in [7, 11) is 0. The minimum Gasteiger partial charge on any atom is -0.352 e. The van der Waals surface area contributed by atoms with Gasteiger partial charge < -0.3 is 4.90 Å². The third kappa shape index (κ3) is 3.10. The molecule has 0 unspecified atom stereocenters. The van der Waals surface area contributed by atoms with E-state index in [4.69, 9.17) is 0 Å². The lowest BCUT2D eigenvalue weighted by molar-refractivity contribution is 0.278. The van der Waals surface area contributed by atoms with Gasteiger partial charge in [-0.1, -0.05) is 38.5 Å². The summed E-state index contributed by atoms with van der Waals surface area (Å²) in [6, 6.07) is 0.669. The minimum absolute atomic E-state index is 0.669. The zero-order valence-corrected chi connectivity index (χ0v) is 8.28. The second-order valence-corrected chi connectivity index (χ2v) is 3.50. The first kappa shape index (κ1) is 10.1. The monoisotopic (exact) mass is 177 g/mol. The van der Waals surface area contributed by atoms with E-state index in [-0.39, 0.29) is 0 Å². The molecule has 0 amide bonds. The smallest absolute Gasteiger partial charge is 0.0330 e. The molecule has 0 aromatic heterocycles. The van der Waals surface area contributed by atoms with Crippen LogP contribution in [0.25, 0.3) is 0 Å². The number of allylic oxidation sites excluding steroid dienone is 2. The molecule has 0 N–H and O–H groups in total. The third-order valence-electron chi connectivity index (χ3n) is 2.60. The van der Waals surface area contributed by atoms with Crippen LogP contribution in [0.5, 0.6) is 0 Å². The Morgan fingerprint density at radius 2 is 1.77 bits per heavy atom. The lowest BCUT2D eigenvalue weighted by Crippen LogP contribution is -2.27. The van der Waals surface area contributed by atoms with Crippen molar-refractivity contribution in [3.05, 3.63) is 37.7 Å². The molecule has 72 valence electrons. The van der Waals surface area contributed by atoms with Gasteiger partial charge in [0, 0.05) is 12.2 Å². The normalized spacial score (nSPS) is 18.8. The average Bonchev–Trinajstić information content (AvgIpc) is 2.21. The van der Waals surface area contributed by atoms with Crippen molar-refractivity contribution in [3.8, 4) is 0 Å². The maximum Gasteiger partial charge on any atom is 0.0330 e. The van der Waals surface area contributed by atoms with Crippen LogP contribution in [0, 0.1) is 0 Å². The van der Waals surface area contributed by atoms with Gasteiger partial charge in [-0.2, -0.15) is 0 Å². The maximum atomic E-state index is 3.83. The minimum atomic E-state index is 0.669. The molecular formula is C12H19N. The Morgan fingerprint density at radius 1 is 1.08 bits per heavy atom. The summed E-state index contributed by atoms with van der Waals surface area (Å²) in [5, 5.41) is 0. The van der Waals surface area contributed by atoms with Gasteiger partial charge in [0.15, 0.2) is 0 Å². The molecule has 0 bridgehead atoms. The van der Waals surface area contributed by atoms with Crippen molar-refractivity contribution in [1.82, 2.24) is 4.90 Å². The number of rotatable bonds is 4. The average molecular weight is 177 g/mol. The summed E-state index contributed by atoms with van der Waals surface area (Å²) < 4.78 is 0. The summed E-state index contributed by atoms with van der Waals surface area (Å²) in [6.45, 7) is 7.49. The Balaban J connectivity index is 2.48. The maximum absolute atomic E-state index is 3.83. The molecule has 1 nitrogen and oxygen atoms in total. The summed E-state index contributed by atoms with van der Waals surface area (Å²) in [5.74, 6) is 0. The third-order valence-corrected chi connectivity index (χ3v) is 2.60. The molecule has 0 saturated heterocycles. The lowest BCUT2D eigenvalue weighted by Gasteiger charge is -2.30. The predicted octanol–water partition coefficient (Wildman–Crippen LogP) is 3.46. The van der Waals surface area contributed by atoms with Gasteiger partial charge in [-0.25, -0.2) is 0 Å². The van der Waals surface area contributed by atoms with E-state index in [1.165, 1.54) is 32.1 Å². The summed E-state index contributed by atoms with van der Waals surface area (Å²) in [5.41, 5.74) is 0. The van der Waals surface area contributed by atoms with Gasteiger partial charge >= 0.3 is 0 Å². The molecule has 13 heavy (non-hydrogen) atoms. The number of hydrogen-bond donors (Lipinski definition) is 0. The van der Waals surface area contributed by atoms with E-state index in [1.54, 1.807) is 6.08 Å². The summed E-state index contributed by atoms with van der Waals surface area (Å²) in [4.78, 5) is 2.21. The van der Waals surface area contributed by atoms with Crippen molar-refractivity contribution in [2.24, 2.45) is 0 Å². The van der Waals surface area contributed by atoms with Gasteiger partial charge in [-0.05, 0) is 25.1 Å². The highest BCUT2D eigenvalue weighted by Gasteiger charge is 2.15. The van der Waals surface area contributed by atoms with Crippen LogP contribution in [0.15, 0.2) is 37.7 Å². The Hall–Kier alpha value is -0.980.